The third-order valence-electron chi connectivity index (χ3n) is 13.5. The standard InChI is InChI=1S/C49H51N7O10.Na/c1-5-31-33-20-30(8-9-38(33)50-43-35(31)24-55-40(43)22-37(36(25-57)45(55)60)49(65,6-2)46(61)62)66-48(64)54-16-12-27(13-17-54)11-15-53-18-14-28-19-29(7-10-39(28)53)56-44(51-52-47(56)63)34-21-32(26(3)4)41(58)23-42(34)59;/h7-10,14,18-23,26-27,57-59,65H,5-6,11-13,15-17,24-25H2,1-4H3,(H,52,63)(H,61,62);/q;+1/p-1/t49-;/m0./s1. The van der Waals surface area contributed by atoms with E-state index in [-0.39, 0.29) is 76.9 Å². The maximum absolute atomic E-state index is 13.6. The Morgan fingerprint density at radius 2 is 1.75 bits per heavy atom. The molecule has 0 aliphatic carbocycles. The number of aromatic hydroxyl groups is 2. The van der Waals surface area contributed by atoms with Crippen LogP contribution >= 0.6 is 0 Å². The first kappa shape index (κ1) is 47.3. The minimum atomic E-state index is -2.48. The number of ether oxygens (including phenoxy) is 1. The monoisotopic (exact) mass is 919 g/mol. The fraction of sp³-hybridized carbons (Fsp3) is 0.347. The number of fused-ring (bicyclic) bond motifs is 5. The molecule has 1 atom stereocenters. The van der Waals surface area contributed by atoms with E-state index in [9.17, 15) is 44.7 Å². The number of nitrogens with one attached hydrogen (secondary N) is 1. The molecule has 0 unspecified atom stereocenters. The summed E-state index contributed by atoms with van der Waals surface area (Å²) in [6, 6.07) is 17.2. The summed E-state index contributed by atoms with van der Waals surface area (Å²) in [5, 5.41) is 62.7. The Hall–Kier alpha value is -6.24. The third kappa shape index (κ3) is 8.22. The van der Waals surface area contributed by atoms with E-state index in [4.69, 9.17) is 9.72 Å². The molecule has 342 valence electrons. The molecule has 5 N–H and O–H groups in total. The van der Waals surface area contributed by atoms with Crippen LogP contribution < -0.4 is 50.6 Å². The van der Waals surface area contributed by atoms with Gasteiger partial charge in [-0.2, -0.15) is 5.10 Å². The smallest absolute Gasteiger partial charge is 0.547 e. The van der Waals surface area contributed by atoms with Crippen molar-refractivity contribution < 1.29 is 69.4 Å². The maximum atomic E-state index is 13.6. The predicted molar refractivity (Wildman–Crippen MR) is 243 cm³/mol. The number of pyridine rings is 2. The second kappa shape index (κ2) is 18.4. The number of carboxylic acid groups (broad SMARTS) is 1. The van der Waals surface area contributed by atoms with Crippen LogP contribution in [0.5, 0.6) is 17.2 Å². The zero-order valence-corrected chi connectivity index (χ0v) is 40.0. The number of carbonyl (C=O) groups excluding carboxylic acids is 2. The Kier molecular flexibility index (Phi) is 13.0. The van der Waals surface area contributed by atoms with Gasteiger partial charge in [0.25, 0.3) is 5.56 Å². The number of piperidine rings is 1. The number of amides is 1. The van der Waals surface area contributed by atoms with Crippen LogP contribution in [0.4, 0.5) is 4.79 Å². The SMILES string of the molecule is CCc1c2c(nc3ccc(OC(=O)N4CCC(CCn5ccc6cc(-n7c(-c8cc(C(C)C)c(O)cc8O)n[nH]c7=O)ccc65)CC4)cc13)-c1cc([C@@](O)(CC)C(=O)[O-])c(CO)c(=O)n1C2.[Na+]. The molecular weight excluding hydrogens is 870 g/mol. The number of phenolic OH excluding ortho intramolecular Hbond substituents is 2. The van der Waals surface area contributed by atoms with Gasteiger partial charge in [0.05, 0.1) is 47.3 Å². The number of aliphatic hydroxyl groups is 2. The van der Waals surface area contributed by atoms with E-state index in [1.54, 1.807) is 29.2 Å². The number of H-pyrrole nitrogens is 1. The van der Waals surface area contributed by atoms with Crippen LogP contribution in [0.2, 0.25) is 0 Å². The van der Waals surface area contributed by atoms with Gasteiger partial charge in [-0.15, -0.1) is 0 Å². The molecular formula is C49H50N7NaO10. The van der Waals surface area contributed by atoms with Gasteiger partial charge in [-0.05, 0) is 110 Å². The molecule has 2 aliphatic heterocycles. The number of likely N-dealkylation sites (tertiary alicyclic amines) is 1. The molecule has 17 nitrogen and oxygen atoms in total. The van der Waals surface area contributed by atoms with Crippen LogP contribution in [0.3, 0.4) is 0 Å². The molecule has 9 rings (SSSR count). The van der Waals surface area contributed by atoms with Crippen LogP contribution in [0.1, 0.15) is 87.1 Å². The molecule has 0 saturated carbocycles. The Bertz CT molecular complexity index is 3220. The second-order valence-electron chi connectivity index (χ2n) is 17.5. The number of carboxylic acids is 1. The van der Waals surface area contributed by atoms with Gasteiger partial charge in [0.2, 0.25) is 0 Å². The van der Waals surface area contributed by atoms with Crippen LogP contribution in [-0.4, -0.2) is 79.4 Å². The number of carbonyl (C=O) groups is 2. The van der Waals surface area contributed by atoms with Gasteiger partial charge in [0, 0.05) is 64.9 Å². The van der Waals surface area contributed by atoms with Gasteiger partial charge in [0.15, 0.2) is 5.82 Å². The summed E-state index contributed by atoms with van der Waals surface area (Å²) in [4.78, 5) is 58.8. The number of rotatable bonds is 12. The molecule has 1 amide bonds. The summed E-state index contributed by atoms with van der Waals surface area (Å²) >= 11 is 0. The molecule has 0 bridgehead atoms. The summed E-state index contributed by atoms with van der Waals surface area (Å²) in [6.45, 7) is 8.46. The van der Waals surface area contributed by atoms with Gasteiger partial charge >= 0.3 is 41.3 Å². The van der Waals surface area contributed by atoms with Crippen molar-refractivity contribution in [3.8, 4) is 45.7 Å². The average molecular weight is 920 g/mol. The molecule has 18 heteroatoms. The van der Waals surface area contributed by atoms with E-state index < -0.39 is 35.5 Å². The van der Waals surface area contributed by atoms with Crippen LogP contribution in [0.25, 0.3) is 50.3 Å². The molecule has 67 heavy (non-hydrogen) atoms. The summed E-state index contributed by atoms with van der Waals surface area (Å²) in [6.07, 6.45) is 4.35. The van der Waals surface area contributed by atoms with E-state index in [1.165, 1.54) is 28.2 Å². The predicted octanol–water partition coefficient (Wildman–Crippen LogP) is 2.16. The Balaban J connectivity index is 0.00000608. The van der Waals surface area contributed by atoms with Gasteiger partial charge in [-0.1, -0.05) is 27.7 Å². The first-order valence-electron chi connectivity index (χ1n) is 22.2. The first-order valence-corrected chi connectivity index (χ1v) is 22.2. The van der Waals surface area contributed by atoms with Crippen molar-refractivity contribution in [2.24, 2.45) is 5.92 Å². The van der Waals surface area contributed by atoms with Crippen molar-refractivity contribution >= 4 is 33.9 Å². The van der Waals surface area contributed by atoms with Crippen molar-refractivity contribution in [3.05, 3.63) is 116 Å². The molecule has 1 saturated heterocycles. The van der Waals surface area contributed by atoms with Crippen molar-refractivity contribution in [1.29, 1.82) is 0 Å². The zero-order valence-electron chi connectivity index (χ0n) is 38.0. The quantitative estimate of drug-likeness (QED) is 0.111. The van der Waals surface area contributed by atoms with E-state index in [2.05, 4.69) is 14.8 Å². The maximum Gasteiger partial charge on any atom is 1.00 e. The Morgan fingerprint density at radius 3 is 2.43 bits per heavy atom. The third-order valence-corrected chi connectivity index (χ3v) is 13.5. The molecule has 1 fully saturated rings. The van der Waals surface area contributed by atoms with Crippen LogP contribution in [0.15, 0.2) is 76.4 Å². The normalized spacial score (nSPS) is 14.6. The molecule has 2 aliphatic rings. The number of aliphatic hydroxyl groups excluding tert-OH is 1. The minimum Gasteiger partial charge on any atom is -0.547 e. The molecule has 0 radical (unpaired) electrons. The summed E-state index contributed by atoms with van der Waals surface area (Å²) < 4.78 is 10.9. The van der Waals surface area contributed by atoms with Crippen LogP contribution in [0, 0.1) is 5.92 Å². The molecule has 6 heterocycles. The number of nitrogens with zero attached hydrogens (tertiary/aromatic N) is 6. The van der Waals surface area contributed by atoms with E-state index in [0.717, 1.165) is 53.2 Å². The number of aryl methyl sites for hydroxylation is 2. The molecule has 7 aromatic rings. The summed E-state index contributed by atoms with van der Waals surface area (Å²) in [5.41, 5.74) is 1.51. The number of benzene rings is 3. The van der Waals surface area contributed by atoms with Crippen molar-refractivity contribution in [3.63, 3.8) is 0 Å². The average Bonchev–Trinajstić information content (AvgIpc) is 4.01. The fourth-order valence-electron chi connectivity index (χ4n) is 9.73. The molecule has 4 aromatic heterocycles. The zero-order chi connectivity index (χ0) is 46.8. The van der Waals surface area contributed by atoms with E-state index in [1.807, 2.05) is 51.2 Å². The number of aromatic amines is 1. The minimum absolute atomic E-state index is 0. The number of aliphatic carboxylic acids is 1. The number of phenols is 2. The number of hydrogen-bond donors (Lipinski definition) is 5. The Morgan fingerprint density at radius 1 is 0.985 bits per heavy atom. The first-order chi connectivity index (χ1) is 31.6. The summed E-state index contributed by atoms with van der Waals surface area (Å²) in [5.74, 6) is -1.06. The second-order valence-corrected chi connectivity index (χ2v) is 17.5. The van der Waals surface area contributed by atoms with Crippen molar-refractivity contribution in [2.75, 3.05) is 13.1 Å². The van der Waals surface area contributed by atoms with Gasteiger partial charge in [-0.3, -0.25) is 4.79 Å². The van der Waals surface area contributed by atoms with E-state index in [0.29, 0.717) is 64.9 Å². The van der Waals surface area contributed by atoms with Crippen molar-refractivity contribution in [2.45, 2.75) is 91.0 Å². The fourth-order valence-corrected chi connectivity index (χ4v) is 9.73. The van der Waals surface area contributed by atoms with Crippen molar-refractivity contribution in [1.82, 2.24) is 33.8 Å². The number of hydrogen-bond acceptors (Lipinski definition) is 12. The van der Waals surface area contributed by atoms with Gasteiger partial charge < -0.3 is 49.1 Å². The summed E-state index contributed by atoms with van der Waals surface area (Å²) in [7, 11) is 0. The Labute approximate surface area is 406 Å². The van der Waals surface area contributed by atoms with Gasteiger partial charge in [-0.25, -0.2) is 24.2 Å². The molecule has 3 aromatic carbocycles. The number of aromatic nitrogens is 6. The van der Waals surface area contributed by atoms with Crippen LogP contribution in [-0.2, 0) is 36.5 Å². The molecule has 0 spiro atoms. The van der Waals surface area contributed by atoms with Gasteiger partial charge in [0.1, 0.15) is 22.8 Å². The largest absolute Gasteiger partial charge is 1.00 e. The van der Waals surface area contributed by atoms with E-state index >= 15 is 0 Å². The topological polar surface area (TPSA) is 241 Å².